The zero-order chi connectivity index (χ0) is 38.0. The van der Waals surface area contributed by atoms with Gasteiger partial charge in [-0.05, 0) is 83.3 Å². The minimum absolute atomic E-state index is 0.112. The number of aryl methyl sites for hydroxylation is 1. The highest BCUT2D eigenvalue weighted by molar-refractivity contribution is 7.91. The van der Waals surface area contributed by atoms with Crippen LogP contribution in [0.2, 0.25) is 0 Å². The summed E-state index contributed by atoms with van der Waals surface area (Å²) in [6.45, 7) is 1.72. The Morgan fingerprint density at radius 1 is 1.07 bits per heavy atom. The molecule has 2 aromatic rings. The molecule has 1 saturated heterocycles. The number of pyridine rings is 1. The zero-order valence-electron chi connectivity index (χ0n) is 31.3. The molecule has 2 N–H and O–H groups in total. The molecule has 3 saturated carbocycles. The van der Waals surface area contributed by atoms with Gasteiger partial charge in [0.05, 0.1) is 43.1 Å². The Morgan fingerprint density at radius 2 is 1.87 bits per heavy atom. The molecule has 0 radical (unpaired) electrons. The lowest BCUT2D eigenvalue weighted by atomic mass is 9.86. The number of methoxy groups -OCH3 is 2. The number of nitrogens with one attached hydrogen (secondary N) is 2. The fourth-order valence-electron chi connectivity index (χ4n) is 8.72. The molecule has 4 fully saturated rings. The molecule has 3 aliphatic carbocycles. The number of aromatic nitrogens is 1. The van der Waals surface area contributed by atoms with Gasteiger partial charge in [-0.15, -0.1) is 0 Å². The molecule has 290 valence electrons. The van der Waals surface area contributed by atoms with E-state index < -0.39 is 61.6 Å². The number of sulfonamides is 1. The van der Waals surface area contributed by atoms with Gasteiger partial charge in [-0.2, -0.15) is 0 Å². The summed E-state index contributed by atoms with van der Waals surface area (Å²) in [5, 5.41) is 3.95. The average molecular weight is 763 g/mol. The Balaban J connectivity index is 1.15. The lowest BCUT2D eigenvalue weighted by molar-refractivity contribution is -0.149. The third-order valence-electron chi connectivity index (χ3n) is 12.8. The van der Waals surface area contributed by atoms with E-state index in [1.807, 2.05) is 30.4 Å². The molecule has 8 rings (SSSR count). The highest BCUT2D eigenvalue weighted by Gasteiger charge is 2.64. The smallest absolute Gasteiger partial charge is 0.306 e. The van der Waals surface area contributed by atoms with E-state index in [1.165, 1.54) is 7.11 Å². The Hall–Kier alpha value is -4.20. The van der Waals surface area contributed by atoms with E-state index in [0.29, 0.717) is 44.3 Å². The molecule has 13 nitrogen and oxygen atoms in total. The summed E-state index contributed by atoms with van der Waals surface area (Å²) in [6.07, 6.45) is 11.8. The first-order valence-corrected chi connectivity index (χ1v) is 20.9. The van der Waals surface area contributed by atoms with Gasteiger partial charge >= 0.3 is 5.97 Å². The number of esters is 1. The number of allylic oxidation sites excluding steroid dienone is 1. The van der Waals surface area contributed by atoms with Crippen molar-refractivity contribution in [3.8, 4) is 11.5 Å². The molecule has 3 aliphatic heterocycles. The molecule has 5 atom stereocenters. The van der Waals surface area contributed by atoms with Gasteiger partial charge in [0.2, 0.25) is 21.8 Å². The average Bonchev–Trinajstić information content (AvgIpc) is 4.09. The standard InChI is InChI=1S/C40H50N4O9S/c1-38(17-18-38)54(49,50)43-37(48)40-21-26(40)10-8-6-4-5-7-9-25(19-32(45)52-3)36(47)44-23-39(22-31(44)35(46)42-40)16-15-29-28-14-13-27(51-2)20-30(28)41-33(24-11-12-24)34(29)53-39/h8,10,13-14,20,24-26,31H,4-7,9,11-12,15-19,21-23H2,1-3H3,(H,42,46)(H,43,48)/b10-8-/t25-,26-,31+,39-,40-/m1/s1. The van der Waals surface area contributed by atoms with Crippen LogP contribution < -0.4 is 19.5 Å². The summed E-state index contributed by atoms with van der Waals surface area (Å²) in [7, 11) is -1.04. The Morgan fingerprint density at radius 3 is 2.59 bits per heavy atom. The number of hydrogen-bond acceptors (Lipinski definition) is 10. The first kappa shape index (κ1) is 36.8. The number of benzene rings is 1. The molecule has 0 unspecified atom stereocenters. The van der Waals surface area contributed by atoms with Gasteiger partial charge in [0.1, 0.15) is 28.7 Å². The first-order valence-electron chi connectivity index (χ1n) is 19.4. The normalized spacial score (nSPS) is 31.1. The van der Waals surface area contributed by atoms with Crippen LogP contribution in [0.3, 0.4) is 0 Å². The van der Waals surface area contributed by atoms with Crippen molar-refractivity contribution in [2.24, 2.45) is 11.8 Å². The maximum Gasteiger partial charge on any atom is 0.306 e. The molecular formula is C40H50N4O9S. The molecule has 4 heterocycles. The summed E-state index contributed by atoms with van der Waals surface area (Å²) in [4.78, 5) is 62.5. The third-order valence-corrected chi connectivity index (χ3v) is 14.9. The topological polar surface area (TPSA) is 170 Å². The van der Waals surface area contributed by atoms with Gasteiger partial charge in [-0.3, -0.25) is 23.9 Å². The minimum atomic E-state index is -3.97. The van der Waals surface area contributed by atoms with Gasteiger partial charge in [-0.1, -0.05) is 25.0 Å². The van der Waals surface area contributed by atoms with Gasteiger partial charge in [0.15, 0.2) is 0 Å². The Labute approximate surface area is 316 Å². The molecule has 1 spiro atoms. The van der Waals surface area contributed by atoms with E-state index >= 15 is 0 Å². The Bertz CT molecular complexity index is 2040. The summed E-state index contributed by atoms with van der Waals surface area (Å²) >= 11 is 0. The van der Waals surface area contributed by atoms with Gasteiger partial charge in [-0.25, -0.2) is 13.4 Å². The van der Waals surface area contributed by atoms with E-state index in [0.717, 1.165) is 60.0 Å². The largest absolute Gasteiger partial charge is 0.497 e. The second-order valence-corrected chi connectivity index (χ2v) is 18.8. The molecule has 6 aliphatic rings. The maximum absolute atomic E-state index is 14.7. The van der Waals surface area contributed by atoms with Crippen molar-refractivity contribution >= 4 is 44.6 Å². The zero-order valence-corrected chi connectivity index (χ0v) is 32.1. The predicted octanol–water partition coefficient (Wildman–Crippen LogP) is 4.36. The summed E-state index contributed by atoms with van der Waals surface area (Å²) in [6, 6.07) is 4.81. The van der Waals surface area contributed by atoms with Crippen LogP contribution in [0.4, 0.5) is 0 Å². The summed E-state index contributed by atoms with van der Waals surface area (Å²) in [5.74, 6) is -1.58. The number of carbonyl (C=O) groups is 4. The highest BCUT2D eigenvalue weighted by atomic mass is 32.2. The van der Waals surface area contributed by atoms with Crippen molar-refractivity contribution in [1.29, 1.82) is 0 Å². The van der Waals surface area contributed by atoms with Gasteiger partial charge in [0.25, 0.3) is 5.91 Å². The maximum atomic E-state index is 14.7. The lowest BCUT2D eigenvalue weighted by Crippen LogP contribution is -2.57. The molecule has 54 heavy (non-hydrogen) atoms. The first-order chi connectivity index (χ1) is 25.8. The molecule has 3 amide bonds. The van der Waals surface area contributed by atoms with E-state index in [-0.39, 0.29) is 37.6 Å². The Kier molecular flexibility index (Phi) is 9.21. The number of fused-ring (bicyclic) bond motifs is 5. The third kappa shape index (κ3) is 6.62. The molecular weight excluding hydrogens is 713 g/mol. The van der Waals surface area contributed by atoms with Gasteiger partial charge < -0.3 is 24.4 Å². The quantitative estimate of drug-likeness (QED) is 0.305. The van der Waals surface area contributed by atoms with Crippen LogP contribution in [0.1, 0.15) is 108 Å². The van der Waals surface area contributed by atoms with Crippen LogP contribution in [-0.4, -0.2) is 84.7 Å². The summed E-state index contributed by atoms with van der Waals surface area (Å²) in [5.41, 5.74) is 0.350. The number of ether oxygens (including phenoxy) is 3. The van der Waals surface area contributed by atoms with E-state index in [9.17, 15) is 27.6 Å². The molecule has 14 heteroatoms. The van der Waals surface area contributed by atoms with E-state index in [1.54, 1.807) is 18.9 Å². The van der Waals surface area contributed by atoms with Crippen molar-refractivity contribution in [2.45, 2.75) is 125 Å². The number of rotatable bonds is 7. The number of carbonyl (C=O) groups excluding carboxylic acids is 4. The minimum Gasteiger partial charge on any atom is -0.497 e. The SMILES string of the molecule is COC(=O)C[C@H]1CCCCC/C=C\[C@@H]2C[C@@]2(C(=O)NS(=O)(=O)C2(C)CC2)NC(=O)[C@@H]2C[C@]3(CCc4c(c(C5CC5)nc5cc(OC)ccc45)O3)CN2C1=O. The van der Waals surface area contributed by atoms with Crippen LogP contribution in [0.25, 0.3) is 10.9 Å². The van der Waals surface area contributed by atoms with Crippen LogP contribution in [0, 0.1) is 11.8 Å². The van der Waals surface area contributed by atoms with Crippen molar-refractivity contribution in [3.05, 3.63) is 41.6 Å². The predicted molar refractivity (Wildman–Crippen MR) is 198 cm³/mol. The van der Waals surface area contributed by atoms with Crippen LogP contribution in [-0.2, 0) is 40.4 Å². The lowest BCUT2D eigenvalue weighted by Gasteiger charge is -2.37. The second kappa shape index (κ2) is 13.5. The number of amides is 3. The fourth-order valence-corrected chi connectivity index (χ4v) is 10.0. The number of nitrogens with zero attached hydrogens (tertiary/aromatic N) is 2. The summed E-state index contributed by atoms with van der Waals surface area (Å²) < 4.78 is 45.2. The monoisotopic (exact) mass is 762 g/mol. The van der Waals surface area contributed by atoms with Crippen molar-refractivity contribution in [3.63, 3.8) is 0 Å². The van der Waals surface area contributed by atoms with E-state index in [2.05, 4.69) is 10.0 Å². The van der Waals surface area contributed by atoms with E-state index in [4.69, 9.17) is 19.2 Å². The van der Waals surface area contributed by atoms with Crippen LogP contribution >= 0.6 is 0 Å². The number of hydrogen-bond donors (Lipinski definition) is 2. The van der Waals surface area contributed by atoms with Crippen LogP contribution in [0.15, 0.2) is 30.4 Å². The van der Waals surface area contributed by atoms with Crippen molar-refractivity contribution < 1.29 is 41.8 Å². The highest BCUT2D eigenvalue weighted by Crippen LogP contribution is 2.52. The van der Waals surface area contributed by atoms with Gasteiger partial charge in [0, 0.05) is 41.2 Å². The van der Waals surface area contributed by atoms with Crippen molar-refractivity contribution in [2.75, 3.05) is 20.8 Å². The fraction of sp³-hybridized carbons (Fsp3) is 0.625. The molecule has 1 aromatic carbocycles. The molecule has 0 bridgehead atoms. The van der Waals surface area contributed by atoms with Crippen LogP contribution in [0.5, 0.6) is 11.5 Å². The van der Waals surface area contributed by atoms with Crippen molar-refractivity contribution in [1.82, 2.24) is 19.9 Å². The second-order valence-electron chi connectivity index (χ2n) is 16.6. The molecule has 1 aromatic heterocycles.